The molecule has 0 amide bonds. The lowest BCUT2D eigenvalue weighted by Crippen LogP contribution is -2.23. The monoisotopic (exact) mass is 318 g/mol. The Morgan fingerprint density at radius 2 is 1.86 bits per heavy atom. The first-order valence-corrected chi connectivity index (χ1v) is 7.84. The number of nitrogens with zero attached hydrogens (tertiary/aromatic N) is 1. The van der Waals surface area contributed by atoms with Crippen LogP contribution < -0.4 is 10.6 Å². The lowest BCUT2D eigenvalue weighted by atomic mass is 10.1. The molecule has 0 aliphatic rings. The zero-order chi connectivity index (χ0) is 15.2. The minimum atomic E-state index is 0.327. The minimum Gasteiger partial charge on any atom is -0.389 e. The average molecular weight is 319 g/mol. The van der Waals surface area contributed by atoms with Gasteiger partial charge in [0, 0.05) is 12.2 Å². The molecule has 0 aliphatic carbocycles. The van der Waals surface area contributed by atoms with Crippen molar-refractivity contribution in [3.05, 3.63) is 59.1 Å². The topological polar surface area (TPSA) is 29.3 Å². The van der Waals surface area contributed by atoms with Gasteiger partial charge in [0.15, 0.2) is 0 Å². The van der Waals surface area contributed by atoms with Gasteiger partial charge in [-0.25, -0.2) is 0 Å². The fraction of sp³-hybridized carbons (Fsp3) is 0.235. The van der Waals surface area contributed by atoms with Crippen LogP contribution in [0, 0.1) is 0 Å². The molecule has 0 saturated heterocycles. The van der Waals surface area contributed by atoms with Gasteiger partial charge in [0.2, 0.25) is 0 Å². The van der Waals surface area contributed by atoms with Gasteiger partial charge < -0.3 is 10.6 Å². The van der Waals surface area contributed by atoms with Gasteiger partial charge >= 0.3 is 0 Å². The number of halogens is 1. The minimum absolute atomic E-state index is 0.327. The number of benzene rings is 2. The number of rotatable bonds is 6. The van der Waals surface area contributed by atoms with Crippen molar-refractivity contribution in [2.75, 3.05) is 11.4 Å². The van der Waals surface area contributed by atoms with Crippen LogP contribution in [-0.2, 0) is 0 Å². The third kappa shape index (κ3) is 3.74. The zero-order valence-electron chi connectivity index (χ0n) is 12.1. The van der Waals surface area contributed by atoms with Crippen molar-refractivity contribution in [1.82, 2.24) is 0 Å². The second-order valence-corrected chi connectivity index (χ2v) is 5.69. The second-order valence-electron chi connectivity index (χ2n) is 4.84. The molecule has 0 aliphatic heterocycles. The van der Waals surface area contributed by atoms with Crippen LogP contribution in [0.2, 0.25) is 5.02 Å². The molecule has 0 spiro atoms. The van der Waals surface area contributed by atoms with Crippen LogP contribution in [0.3, 0.4) is 0 Å². The summed E-state index contributed by atoms with van der Waals surface area (Å²) in [6, 6.07) is 16.0. The predicted molar refractivity (Wildman–Crippen MR) is 95.7 cm³/mol. The average Bonchev–Trinajstić information content (AvgIpc) is 2.48. The van der Waals surface area contributed by atoms with Crippen molar-refractivity contribution >= 4 is 40.2 Å². The van der Waals surface area contributed by atoms with Crippen molar-refractivity contribution in [2.45, 2.75) is 19.8 Å². The van der Waals surface area contributed by atoms with E-state index >= 15 is 0 Å². The Morgan fingerprint density at radius 3 is 2.48 bits per heavy atom. The summed E-state index contributed by atoms with van der Waals surface area (Å²) in [5.74, 6) is 0. The molecule has 0 unspecified atom stereocenters. The first-order chi connectivity index (χ1) is 10.1. The smallest absolute Gasteiger partial charge is 0.107 e. The lowest BCUT2D eigenvalue weighted by Gasteiger charge is -2.27. The van der Waals surface area contributed by atoms with E-state index in [4.69, 9.17) is 29.6 Å². The van der Waals surface area contributed by atoms with E-state index < -0.39 is 0 Å². The molecule has 0 atom stereocenters. The van der Waals surface area contributed by atoms with Crippen LogP contribution >= 0.6 is 23.8 Å². The van der Waals surface area contributed by atoms with E-state index in [9.17, 15) is 0 Å². The van der Waals surface area contributed by atoms with E-state index in [0.29, 0.717) is 10.0 Å². The first-order valence-electron chi connectivity index (χ1n) is 7.06. The summed E-state index contributed by atoms with van der Waals surface area (Å²) < 4.78 is 0. The Morgan fingerprint density at radius 1 is 1.14 bits per heavy atom. The largest absolute Gasteiger partial charge is 0.389 e. The van der Waals surface area contributed by atoms with Crippen molar-refractivity contribution in [3.8, 4) is 0 Å². The predicted octanol–water partition coefficient (Wildman–Crippen LogP) is 4.91. The summed E-state index contributed by atoms with van der Waals surface area (Å²) in [6.45, 7) is 3.08. The molecule has 2 aromatic rings. The quantitative estimate of drug-likeness (QED) is 0.767. The standard InChI is InChI=1S/C17H19ClN2S/c1-2-3-12-20(13-8-5-4-6-9-13)15-11-7-10-14(18)16(15)17(19)21/h4-11H,2-3,12H2,1H3,(H2,19,21). The van der Waals surface area contributed by atoms with E-state index in [1.807, 2.05) is 36.4 Å². The molecule has 0 radical (unpaired) electrons. The zero-order valence-corrected chi connectivity index (χ0v) is 13.6. The molecule has 0 aromatic heterocycles. The van der Waals surface area contributed by atoms with Gasteiger partial charge in [-0.15, -0.1) is 0 Å². The molecule has 0 bridgehead atoms. The molecule has 4 heteroatoms. The third-order valence-corrected chi connectivity index (χ3v) is 3.85. The van der Waals surface area contributed by atoms with Crippen LogP contribution in [0.4, 0.5) is 11.4 Å². The molecule has 2 nitrogen and oxygen atoms in total. The molecular weight excluding hydrogens is 300 g/mol. The van der Waals surface area contributed by atoms with Crippen LogP contribution in [-0.4, -0.2) is 11.5 Å². The number of nitrogens with two attached hydrogens (primary N) is 1. The molecule has 2 N–H and O–H groups in total. The molecule has 110 valence electrons. The number of para-hydroxylation sites is 1. The second kappa shape index (κ2) is 7.43. The van der Waals surface area contributed by atoms with Gasteiger partial charge in [0.05, 0.1) is 16.3 Å². The molecule has 0 fully saturated rings. The van der Waals surface area contributed by atoms with Crippen LogP contribution in [0.15, 0.2) is 48.5 Å². The normalized spacial score (nSPS) is 10.4. The van der Waals surface area contributed by atoms with E-state index in [0.717, 1.165) is 36.3 Å². The summed E-state index contributed by atoms with van der Waals surface area (Å²) >= 11 is 11.5. The number of hydrogen-bond acceptors (Lipinski definition) is 2. The Bertz CT molecular complexity index is 613. The van der Waals surface area contributed by atoms with E-state index in [1.165, 1.54) is 0 Å². The Kier molecular flexibility index (Phi) is 5.59. The highest BCUT2D eigenvalue weighted by Crippen LogP contribution is 2.32. The fourth-order valence-electron chi connectivity index (χ4n) is 2.29. The number of hydrogen-bond donors (Lipinski definition) is 1. The maximum atomic E-state index is 6.30. The molecule has 0 heterocycles. The molecule has 21 heavy (non-hydrogen) atoms. The summed E-state index contributed by atoms with van der Waals surface area (Å²) in [5.41, 5.74) is 8.71. The van der Waals surface area contributed by atoms with Gasteiger partial charge in [-0.2, -0.15) is 0 Å². The number of anilines is 2. The van der Waals surface area contributed by atoms with Gasteiger partial charge in [-0.3, -0.25) is 0 Å². The molecular formula is C17H19ClN2S. The highest BCUT2D eigenvalue weighted by atomic mass is 35.5. The fourth-order valence-corrected chi connectivity index (χ4v) is 2.84. The van der Waals surface area contributed by atoms with E-state index in [-0.39, 0.29) is 0 Å². The summed E-state index contributed by atoms with van der Waals surface area (Å²) in [7, 11) is 0. The van der Waals surface area contributed by atoms with Crippen molar-refractivity contribution < 1.29 is 0 Å². The Balaban J connectivity index is 2.52. The summed E-state index contributed by atoms with van der Waals surface area (Å²) in [5, 5.41) is 0.595. The number of thiocarbonyl (C=S) groups is 1. The third-order valence-electron chi connectivity index (χ3n) is 3.33. The van der Waals surface area contributed by atoms with Gasteiger partial charge in [0.25, 0.3) is 0 Å². The van der Waals surface area contributed by atoms with Crippen LogP contribution in [0.5, 0.6) is 0 Å². The Labute approximate surface area is 136 Å². The van der Waals surface area contributed by atoms with Crippen LogP contribution in [0.25, 0.3) is 0 Å². The van der Waals surface area contributed by atoms with E-state index in [1.54, 1.807) is 0 Å². The molecule has 0 saturated carbocycles. The highest BCUT2D eigenvalue weighted by molar-refractivity contribution is 7.80. The lowest BCUT2D eigenvalue weighted by molar-refractivity contribution is 0.785. The van der Waals surface area contributed by atoms with Crippen molar-refractivity contribution in [3.63, 3.8) is 0 Å². The number of unbranched alkanes of at least 4 members (excludes halogenated alkanes) is 1. The van der Waals surface area contributed by atoms with Crippen molar-refractivity contribution in [1.29, 1.82) is 0 Å². The first kappa shape index (κ1) is 15.8. The Hall–Kier alpha value is -1.58. The van der Waals surface area contributed by atoms with Crippen LogP contribution in [0.1, 0.15) is 25.3 Å². The summed E-state index contributed by atoms with van der Waals surface area (Å²) in [6.07, 6.45) is 2.20. The molecule has 2 rings (SSSR count). The SMILES string of the molecule is CCCCN(c1ccccc1)c1cccc(Cl)c1C(N)=S. The van der Waals surface area contributed by atoms with E-state index in [2.05, 4.69) is 24.0 Å². The van der Waals surface area contributed by atoms with Gasteiger partial charge in [0.1, 0.15) is 4.99 Å². The summed E-state index contributed by atoms with van der Waals surface area (Å²) in [4.78, 5) is 2.55. The molecule has 2 aromatic carbocycles. The highest BCUT2D eigenvalue weighted by Gasteiger charge is 2.16. The van der Waals surface area contributed by atoms with Gasteiger partial charge in [-0.1, -0.05) is 61.4 Å². The van der Waals surface area contributed by atoms with Gasteiger partial charge in [-0.05, 0) is 30.7 Å². The maximum absolute atomic E-state index is 6.30. The maximum Gasteiger partial charge on any atom is 0.107 e. The van der Waals surface area contributed by atoms with Crippen molar-refractivity contribution in [2.24, 2.45) is 5.73 Å².